The lowest BCUT2D eigenvalue weighted by atomic mass is 9.90. The van der Waals surface area contributed by atoms with E-state index in [1.54, 1.807) is 28.6 Å². The number of nitrogens with zero attached hydrogens (tertiary/aromatic N) is 1. The highest BCUT2D eigenvalue weighted by atomic mass is 35.5. The van der Waals surface area contributed by atoms with Crippen molar-refractivity contribution < 1.29 is 13.2 Å². The zero-order chi connectivity index (χ0) is 20.0. The fraction of sp³-hybridized carbons (Fsp3) is 0.696. The van der Waals surface area contributed by atoms with Crippen LogP contribution >= 0.6 is 11.6 Å². The molecule has 1 aliphatic heterocycles. The van der Waals surface area contributed by atoms with Crippen molar-refractivity contribution in [3.63, 3.8) is 0 Å². The Morgan fingerprint density at radius 1 is 0.933 bits per heavy atom. The van der Waals surface area contributed by atoms with E-state index in [0.29, 0.717) is 18.1 Å². The monoisotopic (exact) mass is 458 g/mol. The molecule has 1 atom stereocenters. The van der Waals surface area contributed by atoms with Gasteiger partial charge in [-0.3, -0.25) is 4.79 Å². The van der Waals surface area contributed by atoms with E-state index >= 15 is 0 Å². The maximum absolute atomic E-state index is 13.1. The molecule has 0 bridgehead atoms. The van der Waals surface area contributed by atoms with Crippen molar-refractivity contribution in [1.82, 2.24) is 9.62 Å². The van der Waals surface area contributed by atoms with Crippen LogP contribution < -0.4 is 5.32 Å². The van der Waals surface area contributed by atoms with Crippen molar-refractivity contribution in [2.75, 3.05) is 13.1 Å². The summed E-state index contributed by atoms with van der Waals surface area (Å²) >= 11 is 5.90. The Hall–Kier alpha value is -1.11. The van der Waals surface area contributed by atoms with Crippen molar-refractivity contribution in [3.8, 4) is 0 Å². The van der Waals surface area contributed by atoms with Gasteiger partial charge in [-0.05, 0) is 49.9 Å². The molecule has 1 saturated heterocycles. The van der Waals surface area contributed by atoms with Gasteiger partial charge >= 0.3 is 0 Å². The zero-order valence-electron chi connectivity index (χ0n) is 16.4. The highest BCUT2D eigenvalue weighted by Crippen LogP contribution is 2.27. The molecular formula is C23H39ClN2O3S. The Kier molecular flexibility index (Phi) is 11.4. The second kappa shape index (κ2) is 12.7. The standard InChI is InChI=1S/C21H31ClN2O3S.2CH4/c22-18-11-13-20(14-12-18)28(26,27)24-15-7-6-10-19(24)16-23-21(25)17-8-4-2-1-3-5-9-17;;/h11-14,17,19H,1-10,15-16H2,(H,23,25);2*1H4. The number of hydrogen-bond donors (Lipinski definition) is 1. The summed E-state index contributed by atoms with van der Waals surface area (Å²) in [5, 5.41) is 3.58. The number of sulfonamides is 1. The number of amides is 1. The molecule has 2 fully saturated rings. The maximum Gasteiger partial charge on any atom is 0.243 e. The van der Waals surface area contributed by atoms with Gasteiger partial charge in [0.1, 0.15) is 0 Å². The molecule has 30 heavy (non-hydrogen) atoms. The molecule has 1 saturated carbocycles. The largest absolute Gasteiger partial charge is 0.354 e. The first-order chi connectivity index (χ1) is 13.5. The summed E-state index contributed by atoms with van der Waals surface area (Å²) in [7, 11) is -3.59. The highest BCUT2D eigenvalue weighted by molar-refractivity contribution is 7.89. The first kappa shape index (κ1) is 26.9. The molecule has 2 aliphatic rings. The molecule has 1 aliphatic carbocycles. The van der Waals surface area contributed by atoms with Crippen LogP contribution in [0.1, 0.15) is 79.1 Å². The lowest BCUT2D eigenvalue weighted by molar-refractivity contribution is -0.125. The molecule has 0 spiro atoms. The molecule has 0 aromatic heterocycles. The fourth-order valence-corrected chi connectivity index (χ4v) is 6.14. The predicted octanol–water partition coefficient (Wildman–Crippen LogP) is 5.63. The van der Waals surface area contributed by atoms with E-state index in [9.17, 15) is 13.2 Å². The summed E-state index contributed by atoms with van der Waals surface area (Å²) in [5.74, 6) is 0.168. The van der Waals surface area contributed by atoms with Gasteiger partial charge in [-0.15, -0.1) is 0 Å². The van der Waals surface area contributed by atoms with E-state index in [1.807, 2.05) is 0 Å². The Morgan fingerprint density at radius 3 is 2.13 bits per heavy atom. The van der Waals surface area contributed by atoms with Crippen LogP contribution in [0.25, 0.3) is 0 Å². The van der Waals surface area contributed by atoms with Gasteiger partial charge in [-0.25, -0.2) is 8.42 Å². The number of piperidine rings is 1. The quantitative estimate of drug-likeness (QED) is 0.621. The topological polar surface area (TPSA) is 66.5 Å². The maximum atomic E-state index is 13.1. The van der Waals surface area contributed by atoms with Crippen molar-refractivity contribution in [2.24, 2.45) is 5.92 Å². The molecule has 0 radical (unpaired) electrons. The predicted molar refractivity (Wildman–Crippen MR) is 125 cm³/mol. The number of hydrogen-bond acceptors (Lipinski definition) is 3. The summed E-state index contributed by atoms with van der Waals surface area (Å²) in [6.07, 6.45) is 10.4. The normalized spacial score (nSPS) is 21.4. The Bertz CT molecular complexity index is 744. The van der Waals surface area contributed by atoms with Gasteiger partial charge in [-0.2, -0.15) is 4.31 Å². The van der Waals surface area contributed by atoms with Crippen LogP contribution in [0.4, 0.5) is 0 Å². The molecule has 7 heteroatoms. The third kappa shape index (κ3) is 6.96. The van der Waals surface area contributed by atoms with Crippen LogP contribution in [0.5, 0.6) is 0 Å². The lowest BCUT2D eigenvalue weighted by Gasteiger charge is -2.35. The van der Waals surface area contributed by atoms with Gasteiger partial charge in [0.05, 0.1) is 4.90 Å². The van der Waals surface area contributed by atoms with Crippen LogP contribution in [-0.2, 0) is 14.8 Å². The van der Waals surface area contributed by atoms with Crippen molar-refractivity contribution in [2.45, 2.75) is 90.0 Å². The van der Waals surface area contributed by atoms with Crippen LogP contribution in [0.15, 0.2) is 29.2 Å². The Labute approximate surface area is 188 Å². The van der Waals surface area contributed by atoms with Gasteiger partial charge in [-0.1, -0.05) is 65.0 Å². The third-order valence-electron chi connectivity index (χ3n) is 5.98. The number of carbonyl (C=O) groups excluding carboxylic acids is 1. The number of halogens is 1. The Balaban J connectivity index is 0.00000225. The van der Waals surface area contributed by atoms with Gasteiger partial charge in [0.25, 0.3) is 0 Å². The second-order valence-corrected chi connectivity index (χ2v) is 10.3. The van der Waals surface area contributed by atoms with E-state index in [-0.39, 0.29) is 37.6 Å². The average Bonchev–Trinajstić information content (AvgIpc) is 2.66. The molecular weight excluding hydrogens is 420 g/mol. The number of rotatable bonds is 5. The van der Waals surface area contributed by atoms with Gasteiger partial charge in [0.2, 0.25) is 15.9 Å². The first-order valence-electron chi connectivity index (χ1n) is 10.5. The number of benzene rings is 1. The van der Waals surface area contributed by atoms with E-state index < -0.39 is 10.0 Å². The number of nitrogens with one attached hydrogen (secondary N) is 1. The average molecular weight is 459 g/mol. The van der Waals surface area contributed by atoms with Gasteiger partial charge < -0.3 is 5.32 Å². The van der Waals surface area contributed by atoms with E-state index in [4.69, 9.17) is 11.6 Å². The lowest BCUT2D eigenvalue weighted by Crippen LogP contribution is -2.50. The summed E-state index contributed by atoms with van der Waals surface area (Å²) in [6.45, 7) is 0.886. The van der Waals surface area contributed by atoms with Gasteiger partial charge in [0.15, 0.2) is 0 Å². The molecule has 1 aromatic carbocycles. The third-order valence-corrected chi connectivity index (χ3v) is 8.20. The smallest absolute Gasteiger partial charge is 0.243 e. The van der Waals surface area contributed by atoms with E-state index in [0.717, 1.165) is 44.9 Å². The minimum absolute atomic E-state index is 0. The van der Waals surface area contributed by atoms with Crippen LogP contribution in [-0.4, -0.2) is 37.8 Å². The van der Waals surface area contributed by atoms with E-state index in [2.05, 4.69) is 5.32 Å². The molecule has 5 nitrogen and oxygen atoms in total. The van der Waals surface area contributed by atoms with Crippen LogP contribution in [0.2, 0.25) is 5.02 Å². The van der Waals surface area contributed by atoms with Crippen molar-refractivity contribution in [1.29, 1.82) is 0 Å². The summed E-state index contributed by atoms with van der Waals surface area (Å²) in [4.78, 5) is 12.9. The fourth-order valence-electron chi connectivity index (χ4n) is 4.32. The van der Waals surface area contributed by atoms with Crippen LogP contribution in [0, 0.1) is 5.92 Å². The number of carbonyl (C=O) groups is 1. The minimum Gasteiger partial charge on any atom is -0.354 e. The Morgan fingerprint density at radius 2 is 1.50 bits per heavy atom. The highest BCUT2D eigenvalue weighted by Gasteiger charge is 2.34. The SMILES string of the molecule is C.C.O=C(NCC1CCCCN1S(=O)(=O)c1ccc(Cl)cc1)C1CCCCCCC1. The molecule has 3 rings (SSSR count). The molecule has 172 valence electrons. The van der Waals surface area contributed by atoms with Crippen LogP contribution in [0.3, 0.4) is 0 Å². The first-order valence-corrected chi connectivity index (χ1v) is 12.4. The summed E-state index contributed by atoms with van der Waals surface area (Å²) in [5.41, 5.74) is 0. The van der Waals surface area contributed by atoms with E-state index in [1.165, 1.54) is 19.3 Å². The summed E-state index contributed by atoms with van der Waals surface area (Å²) in [6, 6.07) is 6.12. The van der Waals surface area contributed by atoms with Crippen molar-refractivity contribution in [3.05, 3.63) is 29.3 Å². The second-order valence-electron chi connectivity index (χ2n) is 8.01. The molecule has 1 aromatic rings. The summed E-state index contributed by atoms with van der Waals surface area (Å²) < 4.78 is 27.8. The van der Waals surface area contributed by atoms with Gasteiger partial charge in [0, 0.05) is 30.1 Å². The molecule has 1 N–H and O–H groups in total. The molecule has 1 heterocycles. The molecule has 1 amide bonds. The van der Waals surface area contributed by atoms with Crippen molar-refractivity contribution >= 4 is 27.5 Å². The minimum atomic E-state index is -3.59. The zero-order valence-corrected chi connectivity index (χ0v) is 18.0. The molecule has 1 unspecified atom stereocenters.